The summed E-state index contributed by atoms with van der Waals surface area (Å²) in [6.07, 6.45) is 1.93. The normalized spacial score (nSPS) is 11.9. The summed E-state index contributed by atoms with van der Waals surface area (Å²) in [6.45, 7) is 1.80. The number of sulfonamides is 1. The summed E-state index contributed by atoms with van der Waals surface area (Å²) in [6, 6.07) is 20.3. The van der Waals surface area contributed by atoms with Crippen LogP contribution in [0.3, 0.4) is 0 Å². The smallest absolute Gasteiger partial charge is 0.244 e. The van der Waals surface area contributed by atoms with Crippen molar-refractivity contribution in [3.05, 3.63) is 95.8 Å². The molecule has 0 saturated heterocycles. The third-order valence-corrected chi connectivity index (χ3v) is 7.27. The zero-order valence-corrected chi connectivity index (χ0v) is 23.2. The Morgan fingerprint density at radius 1 is 0.949 bits per heavy atom. The molecule has 3 aromatic carbocycles. The van der Waals surface area contributed by atoms with Gasteiger partial charge in [-0.3, -0.25) is 13.9 Å². The molecule has 0 bridgehead atoms. The van der Waals surface area contributed by atoms with Gasteiger partial charge in [-0.2, -0.15) is 0 Å². The molecular weight excluding hydrogens is 521 g/mol. The van der Waals surface area contributed by atoms with Gasteiger partial charge in [-0.25, -0.2) is 12.8 Å². The lowest BCUT2D eigenvalue weighted by Gasteiger charge is -2.33. The third kappa shape index (κ3) is 8.54. The van der Waals surface area contributed by atoms with Gasteiger partial charge in [0, 0.05) is 19.5 Å². The minimum Gasteiger partial charge on any atom is -0.497 e. The van der Waals surface area contributed by atoms with E-state index in [2.05, 4.69) is 5.32 Å². The summed E-state index contributed by atoms with van der Waals surface area (Å²) in [5.74, 6) is -0.826. The molecule has 0 fully saturated rings. The van der Waals surface area contributed by atoms with E-state index >= 15 is 0 Å². The number of methoxy groups -OCH3 is 1. The van der Waals surface area contributed by atoms with Crippen LogP contribution in [0.5, 0.6) is 5.75 Å². The number of halogens is 1. The van der Waals surface area contributed by atoms with Gasteiger partial charge in [0.05, 0.1) is 19.1 Å². The molecule has 0 aliphatic heterocycles. The minimum absolute atomic E-state index is 0.0175. The van der Waals surface area contributed by atoms with Crippen LogP contribution >= 0.6 is 0 Å². The Kier molecular flexibility index (Phi) is 10.4. The molecule has 2 amide bonds. The molecule has 8 nitrogen and oxygen atoms in total. The second-order valence-corrected chi connectivity index (χ2v) is 11.0. The SMILES string of the molecule is CCCNC(=O)C(Cc1ccccc1)N(Cc1ccc(F)cc1)C(=O)CN(c1ccc(OC)cc1)S(C)(=O)=O. The maximum atomic E-state index is 13.9. The van der Waals surface area contributed by atoms with Crippen LogP contribution in [-0.4, -0.2) is 57.6 Å². The first-order valence-corrected chi connectivity index (χ1v) is 14.4. The molecule has 1 unspecified atom stereocenters. The van der Waals surface area contributed by atoms with Crippen molar-refractivity contribution in [3.8, 4) is 5.75 Å². The van der Waals surface area contributed by atoms with Crippen molar-refractivity contribution in [2.24, 2.45) is 0 Å². The average molecular weight is 556 g/mol. The molecule has 0 aromatic heterocycles. The van der Waals surface area contributed by atoms with Gasteiger partial charge in [-0.1, -0.05) is 49.4 Å². The standard InChI is InChI=1S/C29H34FN3O5S/c1-4-18-31-29(35)27(19-22-8-6-5-7-9-22)32(20-23-10-12-24(30)13-11-23)28(34)21-33(39(3,36)37)25-14-16-26(38-2)17-15-25/h5-17,27H,4,18-21H2,1-3H3,(H,31,35). The first-order valence-electron chi connectivity index (χ1n) is 12.6. The number of nitrogens with one attached hydrogen (secondary N) is 1. The van der Waals surface area contributed by atoms with Gasteiger partial charge in [-0.15, -0.1) is 0 Å². The van der Waals surface area contributed by atoms with E-state index in [9.17, 15) is 22.4 Å². The van der Waals surface area contributed by atoms with Gasteiger partial charge < -0.3 is 15.0 Å². The number of benzene rings is 3. The summed E-state index contributed by atoms with van der Waals surface area (Å²) >= 11 is 0. The van der Waals surface area contributed by atoms with Crippen molar-refractivity contribution in [2.75, 3.05) is 30.8 Å². The van der Waals surface area contributed by atoms with Crippen molar-refractivity contribution in [3.63, 3.8) is 0 Å². The fourth-order valence-corrected chi connectivity index (χ4v) is 4.92. The van der Waals surface area contributed by atoms with E-state index in [1.807, 2.05) is 37.3 Å². The second-order valence-electron chi connectivity index (χ2n) is 9.11. The van der Waals surface area contributed by atoms with E-state index in [1.54, 1.807) is 24.3 Å². The lowest BCUT2D eigenvalue weighted by molar-refractivity contribution is -0.140. The van der Waals surface area contributed by atoms with Crippen LogP contribution in [-0.2, 0) is 32.6 Å². The topological polar surface area (TPSA) is 96.0 Å². The Balaban J connectivity index is 2.02. The Morgan fingerprint density at radius 2 is 1.59 bits per heavy atom. The molecule has 208 valence electrons. The van der Waals surface area contributed by atoms with Gasteiger partial charge in [0.25, 0.3) is 0 Å². The first-order chi connectivity index (χ1) is 18.6. The highest BCUT2D eigenvalue weighted by atomic mass is 32.2. The van der Waals surface area contributed by atoms with E-state index in [0.29, 0.717) is 24.3 Å². The quantitative estimate of drug-likeness (QED) is 0.347. The minimum atomic E-state index is -3.87. The fraction of sp³-hybridized carbons (Fsp3) is 0.310. The van der Waals surface area contributed by atoms with Gasteiger partial charge in [-0.05, 0) is 53.9 Å². The second kappa shape index (κ2) is 13.7. The van der Waals surface area contributed by atoms with E-state index in [4.69, 9.17) is 4.74 Å². The monoisotopic (exact) mass is 555 g/mol. The Morgan fingerprint density at radius 3 is 2.15 bits per heavy atom. The van der Waals surface area contributed by atoms with E-state index < -0.39 is 34.3 Å². The molecule has 0 saturated carbocycles. The maximum Gasteiger partial charge on any atom is 0.244 e. The summed E-state index contributed by atoms with van der Waals surface area (Å²) in [7, 11) is -2.37. The van der Waals surface area contributed by atoms with Crippen LogP contribution in [0, 0.1) is 5.82 Å². The molecule has 0 radical (unpaired) electrons. The zero-order valence-electron chi connectivity index (χ0n) is 22.3. The van der Waals surface area contributed by atoms with E-state index in [1.165, 1.54) is 36.3 Å². The summed E-state index contributed by atoms with van der Waals surface area (Å²) < 4.78 is 45.3. The number of carbonyl (C=O) groups excluding carboxylic acids is 2. The molecule has 1 N–H and O–H groups in total. The van der Waals surface area contributed by atoms with Crippen LogP contribution in [0.15, 0.2) is 78.9 Å². The van der Waals surface area contributed by atoms with Gasteiger partial charge in [0.15, 0.2) is 0 Å². The van der Waals surface area contributed by atoms with Gasteiger partial charge >= 0.3 is 0 Å². The molecule has 10 heteroatoms. The molecule has 0 heterocycles. The van der Waals surface area contributed by atoms with Gasteiger partial charge in [0.2, 0.25) is 21.8 Å². The molecule has 1 atom stereocenters. The molecule has 39 heavy (non-hydrogen) atoms. The first kappa shape index (κ1) is 29.6. The molecule has 0 spiro atoms. The van der Waals surface area contributed by atoms with Crippen LogP contribution < -0.4 is 14.4 Å². The number of hydrogen-bond acceptors (Lipinski definition) is 5. The Hall–Kier alpha value is -3.92. The summed E-state index contributed by atoms with van der Waals surface area (Å²) in [5.41, 5.74) is 1.71. The average Bonchev–Trinajstić information content (AvgIpc) is 2.93. The third-order valence-electron chi connectivity index (χ3n) is 6.13. The van der Waals surface area contributed by atoms with Crippen molar-refractivity contribution in [1.29, 1.82) is 0 Å². The van der Waals surface area contributed by atoms with E-state index in [-0.39, 0.29) is 24.6 Å². The molecule has 0 aliphatic rings. The zero-order chi connectivity index (χ0) is 28.4. The van der Waals surface area contributed by atoms with E-state index in [0.717, 1.165) is 16.1 Å². The molecule has 3 rings (SSSR count). The van der Waals surface area contributed by atoms with Crippen LogP contribution in [0.1, 0.15) is 24.5 Å². The lowest BCUT2D eigenvalue weighted by atomic mass is 10.0. The van der Waals surface area contributed by atoms with Crippen molar-refractivity contribution >= 4 is 27.5 Å². The molecular formula is C29H34FN3O5S. The highest BCUT2D eigenvalue weighted by molar-refractivity contribution is 7.92. The number of rotatable bonds is 13. The number of carbonyl (C=O) groups is 2. The fourth-order valence-electron chi connectivity index (χ4n) is 4.07. The maximum absolute atomic E-state index is 13.9. The van der Waals surface area contributed by atoms with Crippen LogP contribution in [0.2, 0.25) is 0 Å². The summed E-state index contributed by atoms with van der Waals surface area (Å²) in [4.78, 5) is 28.7. The predicted molar refractivity (Wildman–Crippen MR) is 149 cm³/mol. The Bertz CT molecular complexity index is 1330. The number of nitrogens with zero attached hydrogens (tertiary/aromatic N) is 2. The highest BCUT2D eigenvalue weighted by Crippen LogP contribution is 2.23. The lowest BCUT2D eigenvalue weighted by Crippen LogP contribution is -2.53. The van der Waals surface area contributed by atoms with Crippen molar-refractivity contribution in [1.82, 2.24) is 10.2 Å². The van der Waals surface area contributed by atoms with Crippen LogP contribution in [0.25, 0.3) is 0 Å². The number of ether oxygens (including phenoxy) is 1. The Labute approximate surface area is 229 Å². The van der Waals surface area contributed by atoms with Crippen molar-refractivity contribution < 1.29 is 27.1 Å². The summed E-state index contributed by atoms with van der Waals surface area (Å²) in [5, 5.41) is 2.87. The highest BCUT2D eigenvalue weighted by Gasteiger charge is 2.33. The van der Waals surface area contributed by atoms with Crippen molar-refractivity contribution in [2.45, 2.75) is 32.4 Å². The number of hydrogen-bond donors (Lipinski definition) is 1. The molecule has 0 aliphatic carbocycles. The number of amides is 2. The number of anilines is 1. The molecule has 3 aromatic rings. The van der Waals surface area contributed by atoms with Gasteiger partial charge in [0.1, 0.15) is 24.2 Å². The largest absolute Gasteiger partial charge is 0.497 e. The van der Waals surface area contributed by atoms with Crippen LogP contribution in [0.4, 0.5) is 10.1 Å². The predicted octanol–water partition coefficient (Wildman–Crippen LogP) is 3.77.